The van der Waals surface area contributed by atoms with Crippen LogP contribution < -0.4 is 5.32 Å². The van der Waals surface area contributed by atoms with Gasteiger partial charge in [-0.25, -0.2) is 0 Å². The summed E-state index contributed by atoms with van der Waals surface area (Å²) in [7, 11) is 0. The molecule has 1 unspecified atom stereocenters. The van der Waals surface area contributed by atoms with Crippen LogP contribution in [0.2, 0.25) is 0 Å². The zero-order valence-corrected chi connectivity index (χ0v) is 11.9. The Kier molecular flexibility index (Phi) is 5.19. The summed E-state index contributed by atoms with van der Waals surface area (Å²) in [4.78, 5) is 0. The summed E-state index contributed by atoms with van der Waals surface area (Å²) in [6.45, 7) is 3.10. The highest BCUT2D eigenvalue weighted by Crippen LogP contribution is 2.30. The van der Waals surface area contributed by atoms with Crippen molar-refractivity contribution >= 4 is 11.8 Å². The molecule has 0 aromatic heterocycles. The van der Waals surface area contributed by atoms with Crippen LogP contribution in [0.4, 0.5) is 0 Å². The van der Waals surface area contributed by atoms with Gasteiger partial charge in [0.25, 0.3) is 0 Å². The number of rotatable bonds is 5. The minimum atomic E-state index is -0.412. The van der Waals surface area contributed by atoms with Crippen LogP contribution in [0, 0.1) is 5.92 Å². The summed E-state index contributed by atoms with van der Waals surface area (Å²) in [6.07, 6.45) is 9.11. The standard InChI is InChI=1S/C14H27NOS/c1-2-3-12-4-6-13(7-5-12)15-10-14(16)8-9-17-11-14/h12-13,15-16H,2-11H2,1H3. The molecule has 17 heavy (non-hydrogen) atoms. The second kappa shape index (κ2) is 6.44. The molecule has 0 spiro atoms. The van der Waals surface area contributed by atoms with Crippen molar-refractivity contribution in [3.63, 3.8) is 0 Å². The minimum Gasteiger partial charge on any atom is -0.388 e. The maximum atomic E-state index is 10.3. The van der Waals surface area contributed by atoms with Crippen molar-refractivity contribution in [1.29, 1.82) is 0 Å². The van der Waals surface area contributed by atoms with Gasteiger partial charge in [0.1, 0.15) is 0 Å². The van der Waals surface area contributed by atoms with Gasteiger partial charge in [-0.1, -0.05) is 19.8 Å². The van der Waals surface area contributed by atoms with Crippen LogP contribution in [0.5, 0.6) is 0 Å². The van der Waals surface area contributed by atoms with E-state index in [0.29, 0.717) is 6.04 Å². The van der Waals surface area contributed by atoms with Crippen molar-refractivity contribution < 1.29 is 5.11 Å². The predicted molar refractivity (Wildman–Crippen MR) is 75.5 cm³/mol. The first kappa shape index (κ1) is 13.7. The molecule has 1 aliphatic carbocycles. The highest BCUT2D eigenvalue weighted by molar-refractivity contribution is 7.99. The predicted octanol–water partition coefficient (Wildman–Crippen LogP) is 2.80. The Morgan fingerprint density at radius 2 is 2.06 bits per heavy atom. The van der Waals surface area contributed by atoms with Gasteiger partial charge in [0.15, 0.2) is 0 Å². The lowest BCUT2D eigenvalue weighted by atomic mass is 9.83. The topological polar surface area (TPSA) is 32.3 Å². The smallest absolute Gasteiger partial charge is 0.0869 e. The highest BCUT2D eigenvalue weighted by atomic mass is 32.2. The molecule has 0 aromatic rings. The average Bonchev–Trinajstić information content (AvgIpc) is 2.76. The lowest BCUT2D eigenvalue weighted by Gasteiger charge is -2.31. The van der Waals surface area contributed by atoms with Gasteiger partial charge in [0.2, 0.25) is 0 Å². The van der Waals surface area contributed by atoms with Crippen LogP contribution in [-0.2, 0) is 0 Å². The Bertz CT molecular complexity index is 220. The van der Waals surface area contributed by atoms with E-state index in [9.17, 15) is 5.11 Å². The summed E-state index contributed by atoms with van der Waals surface area (Å²) >= 11 is 1.88. The van der Waals surface area contributed by atoms with Crippen molar-refractivity contribution in [3.8, 4) is 0 Å². The number of hydrogen-bond acceptors (Lipinski definition) is 3. The van der Waals surface area contributed by atoms with E-state index >= 15 is 0 Å². The van der Waals surface area contributed by atoms with Crippen LogP contribution in [0.1, 0.15) is 51.9 Å². The van der Waals surface area contributed by atoms with Gasteiger partial charge in [-0.05, 0) is 43.8 Å². The molecule has 2 N–H and O–H groups in total. The first-order valence-electron chi connectivity index (χ1n) is 7.25. The number of hydrogen-bond donors (Lipinski definition) is 2. The van der Waals surface area contributed by atoms with Crippen LogP contribution in [0.25, 0.3) is 0 Å². The minimum absolute atomic E-state index is 0.412. The van der Waals surface area contributed by atoms with E-state index in [1.807, 2.05) is 11.8 Å². The third-order valence-electron chi connectivity index (χ3n) is 4.35. The van der Waals surface area contributed by atoms with Crippen LogP contribution in [0.3, 0.4) is 0 Å². The summed E-state index contributed by atoms with van der Waals surface area (Å²) in [6, 6.07) is 0.665. The van der Waals surface area contributed by atoms with Crippen molar-refractivity contribution in [2.24, 2.45) is 5.92 Å². The van der Waals surface area contributed by atoms with E-state index in [4.69, 9.17) is 0 Å². The van der Waals surface area contributed by atoms with Gasteiger partial charge in [0, 0.05) is 18.3 Å². The Morgan fingerprint density at radius 1 is 1.29 bits per heavy atom. The summed E-state index contributed by atoms with van der Waals surface area (Å²) < 4.78 is 0. The summed E-state index contributed by atoms with van der Waals surface area (Å²) in [5, 5.41) is 13.9. The molecule has 2 fully saturated rings. The molecule has 1 heterocycles. The first-order chi connectivity index (χ1) is 8.22. The second-order valence-corrected chi connectivity index (χ2v) is 7.02. The first-order valence-corrected chi connectivity index (χ1v) is 8.41. The molecule has 1 atom stereocenters. The van der Waals surface area contributed by atoms with Gasteiger partial charge < -0.3 is 10.4 Å². The van der Waals surface area contributed by atoms with E-state index in [-0.39, 0.29) is 0 Å². The van der Waals surface area contributed by atoms with Crippen molar-refractivity contribution in [2.75, 3.05) is 18.1 Å². The maximum absolute atomic E-state index is 10.3. The molecule has 0 aromatic carbocycles. The highest BCUT2D eigenvalue weighted by Gasteiger charge is 2.32. The number of nitrogens with one attached hydrogen (secondary N) is 1. The van der Waals surface area contributed by atoms with Gasteiger partial charge in [-0.2, -0.15) is 11.8 Å². The normalized spacial score (nSPS) is 38.5. The van der Waals surface area contributed by atoms with Gasteiger partial charge >= 0.3 is 0 Å². The van der Waals surface area contributed by atoms with Crippen LogP contribution >= 0.6 is 11.8 Å². The SMILES string of the molecule is CCCC1CCC(NCC2(O)CCSC2)CC1. The van der Waals surface area contributed by atoms with Gasteiger partial charge in [0.05, 0.1) is 5.60 Å². The zero-order valence-electron chi connectivity index (χ0n) is 11.1. The van der Waals surface area contributed by atoms with E-state index < -0.39 is 5.60 Å². The van der Waals surface area contributed by atoms with Gasteiger partial charge in [-0.3, -0.25) is 0 Å². The molecule has 2 rings (SSSR count). The van der Waals surface area contributed by atoms with E-state index in [1.165, 1.54) is 38.5 Å². The Hall–Kier alpha value is 0.270. The third-order valence-corrected chi connectivity index (χ3v) is 5.58. The molecule has 1 saturated heterocycles. The molecular formula is C14H27NOS. The molecule has 2 aliphatic rings. The van der Waals surface area contributed by atoms with Gasteiger partial charge in [-0.15, -0.1) is 0 Å². The largest absolute Gasteiger partial charge is 0.388 e. The fourth-order valence-electron chi connectivity index (χ4n) is 3.13. The van der Waals surface area contributed by atoms with Crippen molar-refractivity contribution in [2.45, 2.75) is 63.5 Å². The molecule has 1 aliphatic heterocycles. The Labute approximate surface area is 110 Å². The van der Waals surface area contributed by atoms with Crippen LogP contribution in [0.15, 0.2) is 0 Å². The zero-order chi connectivity index (χ0) is 12.1. The van der Waals surface area contributed by atoms with Crippen molar-refractivity contribution in [1.82, 2.24) is 5.32 Å². The van der Waals surface area contributed by atoms with Crippen LogP contribution in [-0.4, -0.2) is 34.8 Å². The molecular weight excluding hydrogens is 230 g/mol. The lowest BCUT2D eigenvalue weighted by molar-refractivity contribution is 0.0619. The fourth-order valence-corrected chi connectivity index (χ4v) is 4.43. The monoisotopic (exact) mass is 257 g/mol. The molecule has 0 bridgehead atoms. The fraction of sp³-hybridized carbons (Fsp3) is 1.00. The average molecular weight is 257 g/mol. The molecule has 0 amide bonds. The Balaban J connectivity index is 1.64. The quantitative estimate of drug-likeness (QED) is 0.794. The second-order valence-electron chi connectivity index (χ2n) is 5.91. The van der Waals surface area contributed by atoms with E-state index in [1.54, 1.807) is 0 Å². The van der Waals surface area contributed by atoms with E-state index in [0.717, 1.165) is 30.4 Å². The van der Waals surface area contributed by atoms with Crippen molar-refractivity contribution in [3.05, 3.63) is 0 Å². The molecule has 1 saturated carbocycles. The Morgan fingerprint density at radius 3 is 2.65 bits per heavy atom. The third kappa shape index (κ3) is 4.15. The number of thioether (sulfide) groups is 1. The summed E-state index contributed by atoms with van der Waals surface area (Å²) in [5.41, 5.74) is -0.412. The summed E-state index contributed by atoms with van der Waals surface area (Å²) in [5.74, 6) is 3.02. The molecule has 2 nitrogen and oxygen atoms in total. The maximum Gasteiger partial charge on any atom is 0.0869 e. The lowest BCUT2D eigenvalue weighted by Crippen LogP contribution is -2.45. The molecule has 100 valence electrons. The molecule has 0 radical (unpaired) electrons. The van der Waals surface area contributed by atoms with E-state index in [2.05, 4.69) is 12.2 Å². The number of aliphatic hydroxyl groups is 1. The molecule has 3 heteroatoms.